The molecule has 8 heteroatoms. The molecule has 0 fully saturated rings. The molecule has 136 valence electrons. The lowest BCUT2D eigenvalue weighted by atomic mass is 10.2. The van der Waals surface area contributed by atoms with Crippen LogP contribution in [0.15, 0.2) is 42.9 Å². The zero-order valence-corrected chi connectivity index (χ0v) is 15.9. The van der Waals surface area contributed by atoms with E-state index in [0.29, 0.717) is 38.3 Å². The van der Waals surface area contributed by atoms with Gasteiger partial charge in [-0.3, -0.25) is 4.79 Å². The van der Waals surface area contributed by atoms with Crippen LogP contribution in [0.25, 0.3) is 27.6 Å². The monoisotopic (exact) mass is 401 g/mol. The highest BCUT2D eigenvalue weighted by Crippen LogP contribution is 2.36. The van der Waals surface area contributed by atoms with Gasteiger partial charge in [0, 0.05) is 30.0 Å². The first kappa shape index (κ1) is 17.6. The minimum Gasteiger partial charge on any atom is -0.493 e. The molecule has 0 amide bonds. The number of carbonyl (C=O) groups is 1. The van der Waals surface area contributed by atoms with Crippen LogP contribution in [-0.2, 0) is 4.79 Å². The van der Waals surface area contributed by atoms with E-state index >= 15 is 0 Å². The first-order chi connectivity index (χ1) is 13.0. The molecule has 0 atom stereocenters. The van der Waals surface area contributed by atoms with Gasteiger partial charge < -0.3 is 14.0 Å². The molecule has 0 aliphatic rings. The van der Waals surface area contributed by atoms with Crippen molar-refractivity contribution in [2.75, 3.05) is 7.11 Å². The molecule has 2 aromatic carbocycles. The number of fused-ring (bicyclic) bond motifs is 2. The molecule has 4 rings (SSSR count). The highest BCUT2D eigenvalue weighted by molar-refractivity contribution is 6.45. The molecule has 0 spiro atoms. The van der Waals surface area contributed by atoms with Gasteiger partial charge in [-0.25, -0.2) is 9.97 Å². The van der Waals surface area contributed by atoms with E-state index in [2.05, 4.69) is 9.97 Å². The number of ether oxygens (including phenoxy) is 2. The smallest absolute Gasteiger partial charge is 0.308 e. The minimum absolute atomic E-state index is 0.297. The number of carbonyl (C=O) groups excluding carboxylic acids is 1. The quantitative estimate of drug-likeness (QED) is 0.363. The fourth-order valence-corrected chi connectivity index (χ4v) is 3.36. The van der Waals surface area contributed by atoms with Crippen molar-refractivity contribution >= 4 is 51.0 Å². The van der Waals surface area contributed by atoms with Crippen molar-refractivity contribution in [1.29, 1.82) is 0 Å². The lowest BCUT2D eigenvalue weighted by molar-refractivity contribution is -0.132. The third kappa shape index (κ3) is 2.97. The van der Waals surface area contributed by atoms with Crippen LogP contribution in [0.5, 0.6) is 11.5 Å². The molecule has 0 saturated carbocycles. The van der Waals surface area contributed by atoms with E-state index in [1.54, 1.807) is 18.2 Å². The SMILES string of the molecule is COc1cc2ncnc(-n3ccc4c(Cl)c(Cl)ccc43)c2cc1OC(C)=O. The summed E-state index contributed by atoms with van der Waals surface area (Å²) in [6.07, 6.45) is 3.32. The summed E-state index contributed by atoms with van der Waals surface area (Å²) in [5.74, 6) is 0.879. The molecule has 0 saturated heterocycles. The molecule has 6 nitrogen and oxygen atoms in total. The molecule has 0 aliphatic carbocycles. The van der Waals surface area contributed by atoms with E-state index in [-0.39, 0.29) is 0 Å². The van der Waals surface area contributed by atoms with Gasteiger partial charge in [-0.1, -0.05) is 23.2 Å². The number of methoxy groups -OCH3 is 1. The Morgan fingerprint density at radius 3 is 2.63 bits per heavy atom. The predicted octanol–water partition coefficient (Wildman–Crippen LogP) is 4.81. The van der Waals surface area contributed by atoms with Gasteiger partial charge in [0.15, 0.2) is 11.5 Å². The van der Waals surface area contributed by atoms with E-state index in [1.165, 1.54) is 20.4 Å². The van der Waals surface area contributed by atoms with Crippen LogP contribution in [0, 0.1) is 0 Å². The van der Waals surface area contributed by atoms with Gasteiger partial charge in [0.1, 0.15) is 12.1 Å². The number of aromatic nitrogens is 3. The van der Waals surface area contributed by atoms with Gasteiger partial charge in [0.2, 0.25) is 0 Å². The van der Waals surface area contributed by atoms with Crippen LogP contribution >= 0.6 is 23.2 Å². The van der Waals surface area contributed by atoms with Crippen LogP contribution in [0.3, 0.4) is 0 Å². The molecular weight excluding hydrogens is 389 g/mol. The summed E-state index contributed by atoms with van der Waals surface area (Å²) >= 11 is 12.4. The molecular formula is C19H13Cl2N3O3. The first-order valence-corrected chi connectivity index (χ1v) is 8.72. The van der Waals surface area contributed by atoms with Crippen LogP contribution in [0.4, 0.5) is 0 Å². The van der Waals surface area contributed by atoms with E-state index < -0.39 is 5.97 Å². The van der Waals surface area contributed by atoms with Crippen LogP contribution < -0.4 is 9.47 Å². The lowest BCUT2D eigenvalue weighted by Crippen LogP contribution is -2.04. The molecule has 0 aliphatic heterocycles. The maximum Gasteiger partial charge on any atom is 0.308 e. The van der Waals surface area contributed by atoms with Crippen LogP contribution in [-0.4, -0.2) is 27.6 Å². The van der Waals surface area contributed by atoms with Crippen LogP contribution in [0.2, 0.25) is 10.0 Å². The molecule has 27 heavy (non-hydrogen) atoms. The molecule has 0 bridgehead atoms. The molecule has 2 aromatic heterocycles. The van der Waals surface area contributed by atoms with Crippen molar-refractivity contribution in [1.82, 2.24) is 14.5 Å². The Morgan fingerprint density at radius 1 is 1.07 bits per heavy atom. The predicted molar refractivity (Wildman–Crippen MR) is 104 cm³/mol. The van der Waals surface area contributed by atoms with Gasteiger partial charge in [0.05, 0.1) is 28.2 Å². The Kier molecular flexibility index (Phi) is 4.37. The topological polar surface area (TPSA) is 66.2 Å². The maximum atomic E-state index is 11.4. The second-order valence-electron chi connectivity index (χ2n) is 5.79. The summed E-state index contributed by atoms with van der Waals surface area (Å²) in [7, 11) is 1.50. The summed E-state index contributed by atoms with van der Waals surface area (Å²) in [4.78, 5) is 20.2. The van der Waals surface area contributed by atoms with Crippen molar-refractivity contribution in [2.45, 2.75) is 6.92 Å². The third-order valence-corrected chi connectivity index (χ3v) is 4.96. The normalized spacial score (nSPS) is 11.1. The largest absolute Gasteiger partial charge is 0.493 e. The summed E-state index contributed by atoms with van der Waals surface area (Å²) in [5, 5.41) is 2.47. The van der Waals surface area contributed by atoms with E-state index in [9.17, 15) is 4.79 Å². The Bertz CT molecular complexity index is 1200. The first-order valence-electron chi connectivity index (χ1n) is 7.96. The number of hydrogen-bond acceptors (Lipinski definition) is 5. The average Bonchev–Trinajstić information content (AvgIpc) is 3.07. The number of rotatable bonds is 3. The van der Waals surface area contributed by atoms with Crippen molar-refractivity contribution in [3.8, 4) is 17.3 Å². The van der Waals surface area contributed by atoms with Crippen molar-refractivity contribution < 1.29 is 14.3 Å². The summed E-state index contributed by atoms with van der Waals surface area (Å²) < 4.78 is 12.5. The Labute approximate surface area is 164 Å². The van der Waals surface area contributed by atoms with Gasteiger partial charge in [-0.05, 0) is 24.3 Å². The Hall–Kier alpha value is -2.83. The zero-order valence-electron chi connectivity index (χ0n) is 14.4. The molecule has 0 radical (unpaired) electrons. The van der Waals surface area contributed by atoms with Gasteiger partial charge in [-0.15, -0.1) is 0 Å². The number of esters is 1. The summed E-state index contributed by atoms with van der Waals surface area (Å²) in [5.41, 5.74) is 1.49. The number of benzene rings is 2. The summed E-state index contributed by atoms with van der Waals surface area (Å²) in [6, 6.07) is 8.87. The second kappa shape index (κ2) is 6.72. The highest BCUT2D eigenvalue weighted by atomic mass is 35.5. The standard InChI is InChI=1S/C19H13Cl2N3O3/c1-10(25)27-17-7-12-14(8-16(17)26-2)22-9-23-19(12)24-6-5-11-15(24)4-3-13(20)18(11)21/h3-9H,1-2H3. The second-order valence-corrected chi connectivity index (χ2v) is 6.58. The number of halogens is 2. The fourth-order valence-electron chi connectivity index (χ4n) is 2.98. The van der Waals surface area contributed by atoms with Gasteiger partial charge >= 0.3 is 5.97 Å². The van der Waals surface area contributed by atoms with Crippen LogP contribution in [0.1, 0.15) is 6.92 Å². The molecule has 0 unspecified atom stereocenters. The van der Waals surface area contributed by atoms with Crippen molar-refractivity contribution in [2.24, 2.45) is 0 Å². The van der Waals surface area contributed by atoms with Crippen molar-refractivity contribution in [3.05, 3.63) is 52.9 Å². The average molecular weight is 402 g/mol. The molecule has 4 aromatic rings. The maximum absolute atomic E-state index is 11.4. The Morgan fingerprint density at radius 2 is 1.89 bits per heavy atom. The van der Waals surface area contributed by atoms with E-state index in [1.807, 2.05) is 22.9 Å². The van der Waals surface area contributed by atoms with E-state index in [4.69, 9.17) is 32.7 Å². The Balaban J connectivity index is 2.00. The van der Waals surface area contributed by atoms with Crippen molar-refractivity contribution in [3.63, 3.8) is 0 Å². The molecule has 0 N–H and O–H groups in total. The number of nitrogens with zero attached hydrogens (tertiary/aromatic N) is 3. The number of hydrogen-bond donors (Lipinski definition) is 0. The summed E-state index contributed by atoms with van der Waals surface area (Å²) in [6.45, 7) is 1.33. The van der Waals surface area contributed by atoms with E-state index in [0.717, 1.165) is 10.9 Å². The third-order valence-electron chi connectivity index (χ3n) is 4.14. The lowest BCUT2D eigenvalue weighted by Gasteiger charge is -2.12. The van der Waals surface area contributed by atoms with Gasteiger partial charge in [0.25, 0.3) is 0 Å². The highest BCUT2D eigenvalue weighted by Gasteiger charge is 2.16. The minimum atomic E-state index is -0.445. The zero-order chi connectivity index (χ0) is 19.1. The van der Waals surface area contributed by atoms with Gasteiger partial charge in [-0.2, -0.15) is 0 Å². The fraction of sp³-hybridized carbons (Fsp3) is 0.105. The molecule has 2 heterocycles.